The van der Waals surface area contributed by atoms with Gasteiger partial charge in [-0.25, -0.2) is 13.4 Å². The van der Waals surface area contributed by atoms with Gasteiger partial charge in [0.25, 0.3) is 5.91 Å². The Hall–Kier alpha value is -2.19. The van der Waals surface area contributed by atoms with E-state index in [4.69, 9.17) is 0 Å². The summed E-state index contributed by atoms with van der Waals surface area (Å²) in [6.07, 6.45) is 4.26. The Labute approximate surface area is 166 Å². The van der Waals surface area contributed by atoms with Crippen LogP contribution in [0.2, 0.25) is 0 Å². The van der Waals surface area contributed by atoms with E-state index in [0.717, 1.165) is 23.6 Å². The molecular formula is C19H20BrN3O3S. The predicted molar refractivity (Wildman–Crippen MR) is 108 cm³/mol. The summed E-state index contributed by atoms with van der Waals surface area (Å²) in [7, 11) is -3.55. The van der Waals surface area contributed by atoms with Gasteiger partial charge in [0.05, 0.1) is 5.52 Å². The van der Waals surface area contributed by atoms with Gasteiger partial charge in [0.2, 0.25) is 15.0 Å². The van der Waals surface area contributed by atoms with Crippen molar-refractivity contribution in [3.05, 3.63) is 64.4 Å². The number of nitrogens with one attached hydrogen (secondary N) is 1. The largest absolute Gasteiger partial charge is 0.348 e. The first-order valence-electron chi connectivity index (χ1n) is 8.48. The Morgan fingerprint density at radius 2 is 1.93 bits per heavy atom. The van der Waals surface area contributed by atoms with Crippen molar-refractivity contribution in [3.8, 4) is 0 Å². The molecular weight excluding hydrogens is 430 g/mol. The minimum atomic E-state index is -3.55. The van der Waals surface area contributed by atoms with Crippen LogP contribution in [0.25, 0.3) is 5.52 Å². The summed E-state index contributed by atoms with van der Waals surface area (Å²) in [5, 5.41) is 2.78. The molecule has 3 aromatic rings. The quantitative estimate of drug-likeness (QED) is 0.625. The summed E-state index contributed by atoms with van der Waals surface area (Å²) >= 11 is 3.41. The molecule has 142 valence electrons. The van der Waals surface area contributed by atoms with Gasteiger partial charge < -0.3 is 5.32 Å². The van der Waals surface area contributed by atoms with Gasteiger partial charge in [-0.2, -0.15) is 0 Å². The van der Waals surface area contributed by atoms with Gasteiger partial charge in [-0.05, 0) is 49.6 Å². The van der Waals surface area contributed by atoms with Crippen molar-refractivity contribution in [1.29, 1.82) is 0 Å². The van der Waals surface area contributed by atoms with Crippen LogP contribution in [0.15, 0.2) is 58.3 Å². The van der Waals surface area contributed by atoms with Crippen LogP contribution in [0.3, 0.4) is 0 Å². The number of aromatic nitrogens is 2. The maximum absolute atomic E-state index is 12.7. The number of carbonyl (C=O) groups is 1. The highest BCUT2D eigenvalue weighted by Crippen LogP contribution is 2.17. The molecule has 6 nitrogen and oxygen atoms in total. The molecule has 27 heavy (non-hydrogen) atoms. The number of halogens is 1. The molecule has 0 aliphatic rings. The molecule has 0 bridgehead atoms. The van der Waals surface area contributed by atoms with Crippen molar-refractivity contribution in [2.24, 2.45) is 0 Å². The number of sulfone groups is 1. The summed E-state index contributed by atoms with van der Waals surface area (Å²) in [5.74, 6) is -0.378. The molecule has 0 fully saturated rings. The Morgan fingerprint density at radius 1 is 1.22 bits per heavy atom. The summed E-state index contributed by atoms with van der Waals surface area (Å²) in [5.41, 5.74) is 1.77. The summed E-state index contributed by atoms with van der Waals surface area (Å²) in [6, 6.07) is 13.1. The molecule has 0 saturated heterocycles. The molecule has 0 spiro atoms. The number of nitrogens with zero attached hydrogens (tertiary/aromatic N) is 2. The van der Waals surface area contributed by atoms with Gasteiger partial charge >= 0.3 is 0 Å². The zero-order valence-electron chi connectivity index (χ0n) is 15.0. The first-order valence-corrected chi connectivity index (χ1v) is 11.2. The fraction of sp³-hybridized carbons (Fsp3) is 0.263. The second-order valence-electron chi connectivity index (χ2n) is 6.51. The molecule has 1 N–H and O–H groups in total. The second kappa shape index (κ2) is 7.82. The van der Waals surface area contributed by atoms with Crippen molar-refractivity contribution < 1.29 is 13.2 Å². The molecule has 0 saturated carbocycles. The van der Waals surface area contributed by atoms with E-state index in [1.165, 1.54) is 9.96 Å². The molecule has 2 heterocycles. The third-order valence-corrected chi connectivity index (χ3v) is 5.70. The number of hydrogen-bond donors (Lipinski definition) is 1. The van der Waals surface area contributed by atoms with Gasteiger partial charge in [0.1, 0.15) is 0 Å². The Kier molecular flexibility index (Phi) is 5.67. The molecule has 8 heteroatoms. The van der Waals surface area contributed by atoms with Crippen molar-refractivity contribution in [2.75, 3.05) is 6.26 Å². The Bertz CT molecular complexity index is 1080. The first kappa shape index (κ1) is 19.6. The minimum absolute atomic E-state index is 0.0803. The third kappa shape index (κ3) is 4.56. The SMILES string of the molecule is CC(CCc1ccc(Br)cc1)NC(=O)c1nc(S(C)(=O)=O)n2ccccc12. The molecule has 3 rings (SSSR count). The fourth-order valence-corrected chi connectivity index (χ4v) is 3.87. The highest BCUT2D eigenvalue weighted by Gasteiger charge is 2.23. The molecule has 1 unspecified atom stereocenters. The molecule has 0 radical (unpaired) electrons. The van der Waals surface area contributed by atoms with E-state index in [-0.39, 0.29) is 22.8 Å². The first-order chi connectivity index (χ1) is 12.8. The lowest BCUT2D eigenvalue weighted by atomic mass is 10.1. The van der Waals surface area contributed by atoms with Crippen molar-refractivity contribution >= 4 is 37.2 Å². The van der Waals surface area contributed by atoms with Gasteiger partial charge in [0, 0.05) is 23.0 Å². The smallest absolute Gasteiger partial charge is 0.272 e. The van der Waals surface area contributed by atoms with Crippen molar-refractivity contribution in [3.63, 3.8) is 0 Å². The number of fused-ring (bicyclic) bond motifs is 1. The normalized spacial score (nSPS) is 12.9. The molecule has 1 aromatic carbocycles. The molecule has 1 amide bonds. The predicted octanol–water partition coefficient (Wildman–Crippen LogP) is 3.25. The number of rotatable bonds is 6. The number of carbonyl (C=O) groups excluding carboxylic acids is 1. The van der Waals surface area contributed by atoms with Crippen LogP contribution >= 0.6 is 15.9 Å². The third-order valence-electron chi connectivity index (χ3n) is 4.22. The highest BCUT2D eigenvalue weighted by molar-refractivity contribution is 9.10. The minimum Gasteiger partial charge on any atom is -0.348 e. The zero-order chi connectivity index (χ0) is 19.6. The lowest BCUT2D eigenvalue weighted by molar-refractivity contribution is 0.0935. The van der Waals surface area contributed by atoms with Crippen LogP contribution in [0.4, 0.5) is 0 Å². The summed E-state index contributed by atoms with van der Waals surface area (Å²) < 4.78 is 26.4. The fourth-order valence-electron chi connectivity index (χ4n) is 2.84. The number of benzene rings is 1. The maximum atomic E-state index is 12.7. The Morgan fingerprint density at radius 3 is 2.59 bits per heavy atom. The van der Waals surface area contributed by atoms with E-state index >= 15 is 0 Å². The van der Waals surface area contributed by atoms with E-state index in [2.05, 4.69) is 26.2 Å². The zero-order valence-corrected chi connectivity index (χ0v) is 17.4. The maximum Gasteiger partial charge on any atom is 0.272 e. The number of pyridine rings is 1. The van der Waals surface area contributed by atoms with E-state index in [1.54, 1.807) is 24.4 Å². The lowest BCUT2D eigenvalue weighted by Gasteiger charge is -2.13. The van der Waals surface area contributed by atoms with Gasteiger partial charge in [0.15, 0.2) is 5.69 Å². The van der Waals surface area contributed by atoms with Crippen LogP contribution in [0.5, 0.6) is 0 Å². The molecule has 0 aliphatic carbocycles. The van der Waals surface area contributed by atoms with Gasteiger partial charge in [-0.3, -0.25) is 9.20 Å². The van der Waals surface area contributed by atoms with Crippen LogP contribution in [0.1, 0.15) is 29.4 Å². The summed E-state index contributed by atoms with van der Waals surface area (Å²) in [4.78, 5) is 16.8. The van der Waals surface area contributed by atoms with E-state index < -0.39 is 9.84 Å². The number of hydrogen-bond acceptors (Lipinski definition) is 4. The monoisotopic (exact) mass is 449 g/mol. The van der Waals surface area contributed by atoms with Gasteiger partial charge in [-0.1, -0.05) is 34.1 Å². The van der Waals surface area contributed by atoms with Crippen LogP contribution < -0.4 is 5.32 Å². The lowest BCUT2D eigenvalue weighted by Crippen LogP contribution is -2.33. The van der Waals surface area contributed by atoms with Crippen LogP contribution in [-0.4, -0.2) is 36.0 Å². The van der Waals surface area contributed by atoms with Crippen molar-refractivity contribution in [1.82, 2.24) is 14.7 Å². The topological polar surface area (TPSA) is 80.5 Å². The van der Waals surface area contributed by atoms with Gasteiger partial charge in [-0.15, -0.1) is 0 Å². The van der Waals surface area contributed by atoms with E-state index in [0.29, 0.717) is 5.52 Å². The highest BCUT2D eigenvalue weighted by atomic mass is 79.9. The Balaban J connectivity index is 1.75. The average Bonchev–Trinajstić information content (AvgIpc) is 3.01. The number of amides is 1. The molecule has 0 aliphatic heterocycles. The number of imidazole rings is 1. The average molecular weight is 450 g/mol. The van der Waals surface area contributed by atoms with E-state index in [9.17, 15) is 13.2 Å². The standard InChI is InChI=1S/C19H20BrN3O3S/c1-13(6-7-14-8-10-15(20)11-9-14)21-18(24)17-16-5-3-4-12-23(16)19(22-17)27(2,25)26/h3-5,8-13H,6-7H2,1-2H3,(H,21,24). The van der Waals surface area contributed by atoms with Crippen LogP contribution in [-0.2, 0) is 16.3 Å². The van der Waals surface area contributed by atoms with Crippen LogP contribution in [0, 0.1) is 0 Å². The molecule has 1 atom stereocenters. The number of aryl methyl sites for hydroxylation is 1. The van der Waals surface area contributed by atoms with Crippen molar-refractivity contribution in [2.45, 2.75) is 31.0 Å². The summed E-state index contributed by atoms with van der Waals surface area (Å²) in [6.45, 7) is 1.92. The van der Waals surface area contributed by atoms with E-state index in [1.807, 2.05) is 31.2 Å². The second-order valence-corrected chi connectivity index (χ2v) is 9.34. The molecule has 2 aromatic heterocycles.